The molecule has 1 rings (SSSR count). The van der Waals surface area contributed by atoms with Crippen LogP contribution in [0.5, 0.6) is 0 Å². The minimum Gasteiger partial charge on any atom is -0.360 e. The molecule has 1 heterocycles. The molecule has 0 aliphatic heterocycles. The maximum Gasteiger partial charge on any atom is 0.170 e. The van der Waals surface area contributed by atoms with E-state index < -0.39 is 0 Å². The fourth-order valence-electron chi connectivity index (χ4n) is 1.51. The summed E-state index contributed by atoms with van der Waals surface area (Å²) in [4.78, 5) is 3.96. The molecule has 2 N–H and O–H groups in total. The van der Waals surface area contributed by atoms with E-state index in [0.717, 1.165) is 18.5 Å². The highest BCUT2D eigenvalue weighted by Gasteiger charge is 2.06. The van der Waals surface area contributed by atoms with Gasteiger partial charge in [-0.15, -0.1) is 0 Å². The van der Waals surface area contributed by atoms with Crippen molar-refractivity contribution in [2.75, 3.05) is 5.32 Å². The summed E-state index contributed by atoms with van der Waals surface area (Å²) in [6.07, 6.45) is 6.90. The number of nitrogens with zero attached hydrogens (tertiary/aromatic N) is 1. The first-order chi connectivity index (χ1) is 7.76. The number of pyridine rings is 1. The summed E-state index contributed by atoms with van der Waals surface area (Å²) in [6, 6.07) is 4.26. The topological polar surface area (TPSA) is 37.0 Å². The molecule has 0 aliphatic carbocycles. The van der Waals surface area contributed by atoms with Crippen molar-refractivity contribution in [1.29, 1.82) is 0 Å². The molecule has 16 heavy (non-hydrogen) atoms. The molecule has 1 atom stereocenters. The first-order valence-electron chi connectivity index (χ1n) is 5.73. The van der Waals surface area contributed by atoms with E-state index in [1.54, 1.807) is 12.4 Å². The van der Waals surface area contributed by atoms with E-state index in [9.17, 15) is 0 Å². The summed E-state index contributed by atoms with van der Waals surface area (Å²) in [5.74, 6) is 0. The zero-order chi connectivity index (χ0) is 11.8. The molecule has 3 nitrogen and oxygen atoms in total. The van der Waals surface area contributed by atoms with Gasteiger partial charge in [0.05, 0.1) is 0 Å². The number of aromatic nitrogens is 1. The van der Waals surface area contributed by atoms with Crippen LogP contribution >= 0.6 is 12.2 Å². The van der Waals surface area contributed by atoms with E-state index in [1.807, 2.05) is 12.1 Å². The molecular formula is C12H19N3S. The van der Waals surface area contributed by atoms with Crippen molar-refractivity contribution in [2.24, 2.45) is 0 Å². The van der Waals surface area contributed by atoms with Crippen LogP contribution in [-0.4, -0.2) is 16.1 Å². The van der Waals surface area contributed by atoms with Crippen molar-refractivity contribution in [3.63, 3.8) is 0 Å². The quantitative estimate of drug-likeness (QED) is 0.772. The van der Waals surface area contributed by atoms with Crippen molar-refractivity contribution in [3.05, 3.63) is 24.5 Å². The molecule has 1 unspecified atom stereocenters. The fraction of sp³-hybridized carbons (Fsp3) is 0.500. The molecule has 4 heteroatoms. The van der Waals surface area contributed by atoms with Crippen LogP contribution in [0.25, 0.3) is 0 Å². The highest BCUT2D eigenvalue weighted by molar-refractivity contribution is 7.80. The molecule has 0 spiro atoms. The van der Waals surface area contributed by atoms with Gasteiger partial charge in [-0.1, -0.05) is 20.3 Å². The smallest absolute Gasteiger partial charge is 0.170 e. The van der Waals surface area contributed by atoms with Crippen LogP contribution in [0, 0.1) is 0 Å². The van der Waals surface area contributed by atoms with E-state index in [1.165, 1.54) is 6.42 Å². The number of rotatable bonds is 5. The molecule has 0 amide bonds. The van der Waals surface area contributed by atoms with Gasteiger partial charge in [0, 0.05) is 24.1 Å². The van der Waals surface area contributed by atoms with Crippen molar-refractivity contribution in [2.45, 2.75) is 39.2 Å². The second kappa shape index (κ2) is 7.17. The van der Waals surface area contributed by atoms with Gasteiger partial charge < -0.3 is 10.6 Å². The molecule has 0 fully saturated rings. The molecule has 0 radical (unpaired) electrons. The van der Waals surface area contributed by atoms with E-state index in [4.69, 9.17) is 12.2 Å². The van der Waals surface area contributed by atoms with Gasteiger partial charge in [0.15, 0.2) is 5.11 Å². The Balaban J connectivity index is 2.41. The zero-order valence-electron chi connectivity index (χ0n) is 9.86. The van der Waals surface area contributed by atoms with Gasteiger partial charge in [-0.05, 0) is 37.2 Å². The summed E-state index contributed by atoms with van der Waals surface area (Å²) in [5.41, 5.74) is 0.971. The van der Waals surface area contributed by atoms with Gasteiger partial charge in [0.2, 0.25) is 0 Å². The molecule has 0 saturated carbocycles. The Morgan fingerprint density at radius 1 is 1.38 bits per heavy atom. The summed E-state index contributed by atoms with van der Waals surface area (Å²) in [7, 11) is 0. The highest BCUT2D eigenvalue weighted by Crippen LogP contribution is 2.05. The van der Waals surface area contributed by atoms with Crippen LogP contribution in [0.3, 0.4) is 0 Å². The molecule has 0 aromatic carbocycles. The van der Waals surface area contributed by atoms with E-state index in [0.29, 0.717) is 11.2 Å². The molecular weight excluding hydrogens is 218 g/mol. The molecule has 1 aromatic rings. The lowest BCUT2D eigenvalue weighted by Gasteiger charge is -2.18. The predicted molar refractivity (Wildman–Crippen MR) is 72.6 cm³/mol. The normalized spacial score (nSPS) is 11.9. The predicted octanol–water partition coefficient (Wildman–Crippen LogP) is 2.95. The zero-order valence-corrected chi connectivity index (χ0v) is 10.7. The highest BCUT2D eigenvalue weighted by atomic mass is 32.1. The maximum atomic E-state index is 5.25. The Bertz CT molecular complexity index is 313. The Labute approximate surface area is 103 Å². The first-order valence-corrected chi connectivity index (χ1v) is 6.14. The second-order valence-electron chi connectivity index (χ2n) is 3.73. The molecule has 1 aromatic heterocycles. The summed E-state index contributed by atoms with van der Waals surface area (Å²) < 4.78 is 0. The largest absolute Gasteiger partial charge is 0.360 e. The number of anilines is 1. The Kier molecular flexibility index (Phi) is 5.78. The van der Waals surface area contributed by atoms with Crippen molar-refractivity contribution in [3.8, 4) is 0 Å². The number of hydrogen-bond donors (Lipinski definition) is 2. The average molecular weight is 237 g/mol. The molecule has 0 saturated heterocycles. The summed E-state index contributed by atoms with van der Waals surface area (Å²) in [5, 5.41) is 7.15. The monoisotopic (exact) mass is 237 g/mol. The third-order valence-electron chi connectivity index (χ3n) is 2.40. The van der Waals surface area contributed by atoms with Crippen LogP contribution < -0.4 is 10.6 Å². The number of nitrogens with one attached hydrogen (secondary N) is 2. The minimum atomic E-state index is 0.465. The van der Waals surface area contributed by atoms with Crippen LogP contribution in [0.1, 0.15) is 33.1 Å². The molecule has 0 aliphatic rings. The molecule has 88 valence electrons. The second-order valence-corrected chi connectivity index (χ2v) is 4.14. The summed E-state index contributed by atoms with van der Waals surface area (Å²) in [6.45, 7) is 4.35. The SMILES string of the molecule is CCCC(CC)NC(=S)Nc1ccncc1. The van der Waals surface area contributed by atoms with Gasteiger partial charge in [-0.2, -0.15) is 0 Å². The van der Waals surface area contributed by atoms with Gasteiger partial charge >= 0.3 is 0 Å². The van der Waals surface area contributed by atoms with Crippen LogP contribution in [0.4, 0.5) is 5.69 Å². The third kappa shape index (κ3) is 4.57. The lowest BCUT2D eigenvalue weighted by molar-refractivity contribution is 0.539. The van der Waals surface area contributed by atoms with Crippen molar-refractivity contribution >= 4 is 23.0 Å². The Hall–Kier alpha value is -1.16. The van der Waals surface area contributed by atoms with Crippen LogP contribution in [0.15, 0.2) is 24.5 Å². The lowest BCUT2D eigenvalue weighted by atomic mass is 10.1. The van der Waals surface area contributed by atoms with E-state index in [-0.39, 0.29) is 0 Å². The third-order valence-corrected chi connectivity index (χ3v) is 2.62. The van der Waals surface area contributed by atoms with Crippen molar-refractivity contribution < 1.29 is 0 Å². The number of thiocarbonyl (C=S) groups is 1. The summed E-state index contributed by atoms with van der Waals surface area (Å²) >= 11 is 5.25. The van der Waals surface area contributed by atoms with Gasteiger partial charge in [0.25, 0.3) is 0 Å². The minimum absolute atomic E-state index is 0.465. The lowest BCUT2D eigenvalue weighted by Crippen LogP contribution is -2.37. The fourth-order valence-corrected chi connectivity index (χ4v) is 1.80. The van der Waals surface area contributed by atoms with Crippen LogP contribution in [0.2, 0.25) is 0 Å². The standard InChI is InChI=1S/C12H19N3S/c1-3-5-10(4-2)14-12(16)15-11-6-8-13-9-7-11/h6-10H,3-5H2,1-2H3,(H2,13,14,15,16). The first kappa shape index (κ1) is 12.9. The van der Waals surface area contributed by atoms with Gasteiger partial charge in [-0.25, -0.2) is 0 Å². The number of hydrogen-bond acceptors (Lipinski definition) is 2. The van der Waals surface area contributed by atoms with E-state index >= 15 is 0 Å². The van der Waals surface area contributed by atoms with Crippen LogP contribution in [-0.2, 0) is 0 Å². The Morgan fingerprint density at radius 3 is 2.62 bits per heavy atom. The van der Waals surface area contributed by atoms with E-state index in [2.05, 4.69) is 29.5 Å². The van der Waals surface area contributed by atoms with Gasteiger partial charge in [-0.3, -0.25) is 4.98 Å². The van der Waals surface area contributed by atoms with Crippen molar-refractivity contribution in [1.82, 2.24) is 10.3 Å². The van der Waals surface area contributed by atoms with Gasteiger partial charge in [0.1, 0.15) is 0 Å². The Morgan fingerprint density at radius 2 is 2.06 bits per heavy atom. The molecule has 0 bridgehead atoms. The maximum absolute atomic E-state index is 5.25. The average Bonchev–Trinajstić information content (AvgIpc) is 2.29.